The zero-order valence-corrected chi connectivity index (χ0v) is 18.5. The summed E-state index contributed by atoms with van der Waals surface area (Å²) in [5.74, 6) is 0.0784. The van der Waals surface area contributed by atoms with Gasteiger partial charge in [0.25, 0.3) is 0 Å². The molecule has 7 nitrogen and oxygen atoms in total. The number of nitrogens with zero attached hydrogens (tertiary/aromatic N) is 5. The van der Waals surface area contributed by atoms with Crippen LogP contribution in [-0.2, 0) is 11.8 Å². The van der Waals surface area contributed by atoms with Gasteiger partial charge in [-0.05, 0) is 50.6 Å². The van der Waals surface area contributed by atoms with E-state index in [0.717, 1.165) is 22.6 Å². The fourth-order valence-corrected chi connectivity index (χ4v) is 3.80. The molecular formula is C23H26F2N6O. The molecule has 32 heavy (non-hydrogen) atoms. The molecule has 0 aliphatic carbocycles. The van der Waals surface area contributed by atoms with Crippen molar-refractivity contribution in [2.24, 2.45) is 12.1 Å². The molecule has 168 valence electrons. The number of aromatic nitrogens is 3. The van der Waals surface area contributed by atoms with Crippen LogP contribution < -0.4 is 10.3 Å². The van der Waals surface area contributed by atoms with Gasteiger partial charge in [-0.15, -0.1) is 0 Å². The number of amides is 1. The van der Waals surface area contributed by atoms with Gasteiger partial charge in [-0.1, -0.05) is 18.2 Å². The first-order chi connectivity index (χ1) is 15.3. The van der Waals surface area contributed by atoms with Gasteiger partial charge in [-0.25, -0.2) is 19.2 Å². The molecule has 0 fully saturated rings. The van der Waals surface area contributed by atoms with E-state index in [2.05, 4.69) is 39.4 Å². The van der Waals surface area contributed by atoms with Gasteiger partial charge < -0.3 is 4.90 Å². The Hall–Kier alpha value is -3.62. The summed E-state index contributed by atoms with van der Waals surface area (Å²) in [5, 5.41) is 8.43. The predicted octanol–water partition coefficient (Wildman–Crippen LogP) is 3.55. The summed E-state index contributed by atoms with van der Waals surface area (Å²) < 4.78 is 27.6. The van der Waals surface area contributed by atoms with Gasteiger partial charge >= 0.3 is 0 Å². The number of hydrogen-bond donors (Lipinski definition) is 1. The first-order valence-corrected chi connectivity index (χ1v) is 10.2. The lowest BCUT2D eigenvalue weighted by atomic mass is 9.86. The Bertz CT molecular complexity index is 1100. The number of fused-ring (bicyclic) bond motifs is 1. The van der Waals surface area contributed by atoms with Crippen LogP contribution in [0.4, 0.5) is 14.5 Å². The number of carbonyl (C=O) groups excluding carboxylic acids is 1. The number of aryl methyl sites for hydroxylation is 2. The largest absolute Gasteiger partial charge is 0.367 e. The van der Waals surface area contributed by atoms with E-state index >= 15 is 0 Å². The van der Waals surface area contributed by atoms with Gasteiger partial charge in [0.2, 0.25) is 6.41 Å². The number of hydrazone groups is 1. The molecule has 0 bridgehead atoms. The van der Waals surface area contributed by atoms with Crippen LogP contribution in [0.15, 0.2) is 53.9 Å². The van der Waals surface area contributed by atoms with Crippen LogP contribution in [-0.4, -0.2) is 39.5 Å². The van der Waals surface area contributed by atoms with Crippen LogP contribution in [0, 0.1) is 18.6 Å². The Kier molecular flexibility index (Phi) is 7.29. The van der Waals surface area contributed by atoms with E-state index in [1.54, 1.807) is 22.9 Å². The zero-order chi connectivity index (χ0) is 23.3. The molecule has 4 rings (SSSR count). The number of benzene rings is 2. The molecular weight excluding hydrogens is 414 g/mol. The summed E-state index contributed by atoms with van der Waals surface area (Å²) in [4.78, 5) is 17.3. The lowest BCUT2D eigenvalue weighted by molar-refractivity contribution is -0.109. The lowest BCUT2D eigenvalue weighted by Crippen LogP contribution is -2.44. The van der Waals surface area contributed by atoms with Crippen LogP contribution in [0.25, 0.3) is 0 Å². The second-order valence-electron chi connectivity index (χ2n) is 7.70. The lowest BCUT2D eigenvalue weighted by Gasteiger charge is -2.39. The smallest absolute Gasteiger partial charge is 0.227 e. The average molecular weight is 440 g/mol. The number of hydrogen-bond acceptors (Lipinski definition) is 5. The van der Waals surface area contributed by atoms with E-state index in [9.17, 15) is 13.6 Å². The molecule has 1 aliphatic rings. The molecule has 1 atom stereocenters. The van der Waals surface area contributed by atoms with Gasteiger partial charge in [0.15, 0.2) is 0 Å². The first-order valence-electron chi connectivity index (χ1n) is 10.2. The minimum atomic E-state index is -0.290. The fourth-order valence-electron chi connectivity index (χ4n) is 3.80. The Labute approximate surface area is 185 Å². The predicted molar refractivity (Wildman–Crippen MR) is 119 cm³/mol. The van der Waals surface area contributed by atoms with E-state index < -0.39 is 0 Å². The highest BCUT2D eigenvalue weighted by molar-refractivity contribution is 6.12. The molecule has 1 amide bonds. The molecule has 1 aliphatic heterocycles. The summed E-state index contributed by atoms with van der Waals surface area (Å²) in [6.45, 7) is 6.53. The van der Waals surface area contributed by atoms with Crippen molar-refractivity contribution in [3.05, 3.63) is 77.4 Å². The molecule has 2 heterocycles. The number of nitrogens with one attached hydrogen (secondary N) is 1. The fraction of sp³-hybridized carbons (Fsp3) is 0.304. The third-order valence-corrected chi connectivity index (χ3v) is 5.21. The van der Waals surface area contributed by atoms with Crippen molar-refractivity contribution in [3.8, 4) is 0 Å². The van der Waals surface area contributed by atoms with Gasteiger partial charge in [0.05, 0.1) is 11.6 Å². The second-order valence-corrected chi connectivity index (χ2v) is 7.70. The summed E-state index contributed by atoms with van der Waals surface area (Å²) >= 11 is 0. The summed E-state index contributed by atoms with van der Waals surface area (Å²) in [5.41, 5.74) is 5.41. The topological polar surface area (TPSA) is 75.4 Å². The third-order valence-electron chi connectivity index (χ3n) is 5.21. The van der Waals surface area contributed by atoms with E-state index in [1.807, 2.05) is 14.0 Å². The Morgan fingerprint density at radius 2 is 1.91 bits per heavy atom. The van der Waals surface area contributed by atoms with Crippen molar-refractivity contribution in [1.29, 1.82) is 0 Å². The number of rotatable bonds is 4. The van der Waals surface area contributed by atoms with Crippen LogP contribution in [0.1, 0.15) is 36.7 Å². The molecule has 3 aromatic rings. The van der Waals surface area contributed by atoms with E-state index in [1.165, 1.54) is 30.6 Å². The van der Waals surface area contributed by atoms with Crippen molar-refractivity contribution in [2.75, 3.05) is 11.4 Å². The van der Waals surface area contributed by atoms with Crippen molar-refractivity contribution in [1.82, 2.24) is 20.2 Å². The van der Waals surface area contributed by atoms with Crippen molar-refractivity contribution in [2.45, 2.75) is 32.7 Å². The average Bonchev–Trinajstić information content (AvgIpc) is 3.18. The van der Waals surface area contributed by atoms with Crippen molar-refractivity contribution >= 4 is 17.8 Å². The van der Waals surface area contributed by atoms with Gasteiger partial charge in [0, 0.05) is 30.9 Å². The normalized spacial score (nSPS) is 16.4. The maximum Gasteiger partial charge on any atom is 0.227 e. The SMILES string of the molecule is Cc1cc(F)cc2c1/C(=N\NC=O)[C@H](c1ncnn1C)CN2C(C)C.Fc1ccccc1. The summed E-state index contributed by atoms with van der Waals surface area (Å²) in [6, 6.07) is 11.1. The Morgan fingerprint density at radius 1 is 1.19 bits per heavy atom. The maximum atomic E-state index is 14.0. The van der Waals surface area contributed by atoms with Gasteiger partial charge in [-0.2, -0.15) is 10.2 Å². The van der Waals surface area contributed by atoms with Gasteiger partial charge in [0.1, 0.15) is 23.8 Å². The molecule has 0 unspecified atom stereocenters. The molecule has 1 aromatic heterocycles. The molecule has 0 saturated heterocycles. The Balaban J connectivity index is 0.000000352. The monoisotopic (exact) mass is 440 g/mol. The third kappa shape index (κ3) is 4.99. The molecule has 2 aromatic carbocycles. The van der Waals surface area contributed by atoms with Crippen molar-refractivity contribution in [3.63, 3.8) is 0 Å². The van der Waals surface area contributed by atoms with E-state index in [4.69, 9.17) is 0 Å². The highest BCUT2D eigenvalue weighted by Gasteiger charge is 2.36. The number of carbonyl (C=O) groups is 1. The number of halogens is 2. The summed E-state index contributed by atoms with van der Waals surface area (Å²) in [7, 11) is 1.82. The van der Waals surface area contributed by atoms with Crippen molar-refractivity contribution < 1.29 is 13.6 Å². The van der Waals surface area contributed by atoms with E-state index in [0.29, 0.717) is 18.7 Å². The van der Waals surface area contributed by atoms with Crippen LogP contribution in [0.5, 0.6) is 0 Å². The van der Waals surface area contributed by atoms with Crippen LogP contribution >= 0.6 is 0 Å². The Morgan fingerprint density at radius 3 is 2.44 bits per heavy atom. The van der Waals surface area contributed by atoms with Gasteiger partial charge in [-0.3, -0.25) is 9.48 Å². The van der Waals surface area contributed by atoms with E-state index in [-0.39, 0.29) is 23.6 Å². The molecule has 1 N–H and O–H groups in total. The minimum Gasteiger partial charge on any atom is -0.367 e. The first kappa shape index (κ1) is 23.1. The minimum absolute atomic E-state index is 0.163. The zero-order valence-electron chi connectivity index (χ0n) is 18.5. The summed E-state index contributed by atoms with van der Waals surface area (Å²) in [6.07, 6.45) is 2.01. The molecule has 0 radical (unpaired) electrons. The quantitative estimate of drug-likeness (QED) is 0.497. The molecule has 9 heteroatoms. The maximum absolute atomic E-state index is 14.0. The van der Waals surface area contributed by atoms with Crippen LogP contribution in [0.3, 0.4) is 0 Å². The second kappa shape index (κ2) is 10.1. The highest BCUT2D eigenvalue weighted by atomic mass is 19.1. The molecule has 0 saturated carbocycles. The number of anilines is 1. The standard InChI is InChI=1S/C17H21FN6O.C6H5F/c1-10(2)24-7-13(17-19-8-21-23(17)4)16(22-20-9-25)15-11(3)5-12(18)6-14(15)24;7-6-4-2-1-3-5-6/h5-6,8-10,13H,7H2,1-4H3,(H,20,25);1-5H/b22-16-;/t13-;/m1./s1. The highest BCUT2D eigenvalue weighted by Crippen LogP contribution is 2.37. The molecule has 0 spiro atoms. The van der Waals surface area contributed by atoms with Crippen LogP contribution in [0.2, 0.25) is 0 Å².